The number of hydrogen-bond acceptors (Lipinski definition) is 10. The van der Waals surface area contributed by atoms with Crippen molar-refractivity contribution in [2.75, 3.05) is 40.0 Å². The van der Waals surface area contributed by atoms with Crippen molar-refractivity contribution in [3.8, 4) is 0 Å². The molecule has 0 aromatic heterocycles. The van der Waals surface area contributed by atoms with Gasteiger partial charge in [-0.2, -0.15) is 0 Å². The molecular formula is C20H49NO9Si3. The average Bonchev–Trinajstić information content (AvgIpc) is 2.62. The van der Waals surface area contributed by atoms with E-state index in [2.05, 4.69) is 45.8 Å². The van der Waals surface area contributed by atoms with Gasteiger partial charge in [0.15, 0.2) is 16.6 Å². The first-order valence-electron chi connectivity index (χ1n) is 11.6. The van der Waals surface area contributed by atoms with Gasteiger partial charge in [-0.1, -0.05) is 0 Å². The Hall–Kier alpha value is 0.251. The molecule has 0 aliphatic heterocycles. The van der Waals surface area contributed by atoms with E-state index in [1.54, 1.807) is 11.9 Å². The highest BCUT2D eigenvalue weighted by Crippen LogP contribution is 2.25. The fraction of sp³-hybridized carbons (Fsp3) is 1.00. The molecule has 0 aromatic carbocycles. The van der Waals surface area contributed by atoms with Crippen LogP contribution in [0.5, 0.6) is 0 Å². The van der Waals surface area contributed by atoms with Gasteiger partial charge in [-0.05, 0) is 65.3 Å². The predicted molar refractivity (Wildman–Crippen MR) is 135 cm³/mol. The van der Waals surface area contributed by atoms with Gasteiger partial charge in [0.2, 0.25) is 0 Å². The van der Waals surface area contributed by atoms with Crippen molar-refractivity contribution in [3.63, 3.8) is 0 Å². The highest BCUT2D eigenvalue weighted by Gasteiger charge is 2.39. The smallest absolute Gasteiger partial charge is 0.314 e. The quantitative estimate of drug-likeness (QED) is 0.104. The van der Waals surface area contributed by atoms with E-state index in [1.807, 2.05) is 0 Å². The molecule has 33 heavy (non-hydrogen) atoms. The molecule has 0 aliphatic carbocycles. The van der Waals surface area contributed by atoms with E-state index in [1.165, 1.54) is 0 Å². The molecule has 0 saturated carbocycles. The number of aliphatic hydroxyl groups excluding tert-OH is 6. The fourth-order valence-electron chi connectivity index (χ4n) is 3.61. The minimum Gasteiger partial charge on any atom is -0.437 e. The second-order valence-corrected chi connectivity index (χ2v) is 23.8. The Morgan fingerprint density at radius 1 is 0.758 bits per heavy atom. The molecule has 13 heteroatoms. The van der Waals surface area contributed by atoms with Gasteiger partial charge in [-0.15, -0.1) is 0 Å². The highest BCUT2D eigenvalue weighted by molar-refractivity contribution is 6.87. The molecule has 0 radical (unpaired) electrons. The zero-order valence-electron chi connectivity index (χ0n) is 21.7. The Balaban J connectivity index is 4.40. The summed E-state index contributed by atoms with van der Waals surface area (Å²) in [6, 6.07) is 0.823. The van der Waals surface area contributed by atoms with Crippen LogP contribution in [0.1, 0.15) is 6.42 Å². The van der Waals surface area contributed by atoms with E-state index in [0.29, 0.717) is 6.61 Å². The summed E-state index contributed by atoms with van der Waals surface area (Å²) >= 11 is 0. The first-order valence-corrected chi connectivity index (χ1v) is 20.9. The molecule has 5 atom stereocenters. The van der Waals surface area contributed by atoms with Crippen LogP contribution in [-0.4, -0.2) is 131 Å². The molecule has 0 heterocycles. The molecule has 0 aliphatic rings. The van der Waals surface area contributed by atoms with Crippen molar-refractivity contribution >= 4 is 25.2 Å². The Labute approximate surface area is 202 Å². The lowest BCUT2D eigenvalue weighted by molar-refractivity contribution is -0.119. The van der Waals surface area contributed by atoms with Crippen molar-refractivity contribution in [2.45, 2.75) is 88.8 Å². The van der Waals surface area contributed by atoms with Crippen LogP contribution in [0.25, 0.3) is 0 Å². The lowest BCUT2D eigenvalue weighted by atomic mass is 10.0. The third-order valence-electron chi connectivity index (χ3n) is 4.62. The lowest BCUT2D eigenvalue weighted by Crippen LogP contribution is -2.52. The molecule has 5 unspecified atom stereocenters. The topological polar surface area (TPSA) is 152 Å². The summed E-state index contributed by atoms with van der Waals surface area (Å²) in [6.45, 7) is 15.1. The van der Waals surface area contributed by atoms with Crippen LogP contribution in [0, 0.1) is 0 Å². The van der Waals surface area contributed by atoms with Gasteiger partial charge >= 0.3 is 8.56 Å². The van der Waals surface area contributed by atoms with Crippen molar-refractivity contribution in [3.05, 3.63) is 0 Å². The Kier molecular flexibility index (Phi) is 14.8. The second kappa shape index (κ2) is 14.7. The molecule has 0 aromatic rings. The molecule has 10 nitrogen and oxygen atoms in total. The van der Waals surface area contributed by atoms with Gasteiger partial charge in [0, 0.05) is 19.7 Å². The number of hydrogen-bond donors (Lipinski definition) is 6. The van der Waals surface area contributed by atoms with Crippen LogP contribution in [0.3, 0.4) is 0 Å². The summed E-state index contributed by atoms with van der Waals surface area (Å²) in [4.78, 5) is 1.59. The maximum absolute atomic E-state index is 10.2. The normalized spacial score (nSPS) is 18.3. The zero-order valence-corrected chi connectivity index (χ0v) is 24.7. The minimum absolute atomic E-state index is 0.0422. The Morgan fingerprint density at radius 2 is 1.24 bits per heavy atom. The minimum atomic E-state index is -2.31. The molecule has 0 amide bonds. The van der Waals surface area contributed by atoms with Crippen molar-refractivity contribution in [2.24, 2.45) is 0 Å². The summed E-state index contributed by atoms with van der Waals surface area (Å²) in [5, 5.41) is 58.0. The molecule has 6 N–H and O–H groups in total. The first-order chi connectivity index (χ1) is 14.9. The Morgan fingerprint density at radius 3 is 1.70 bits per heavy atom. The van der Waals surface area contributed by atoms with Gasteiger partial charge in [-0.25, -0.2) is 0 Å². The summed E-state index contributed by atoms with van der Waals surface area (Å²) in [5.41, 5.74) is 0. The van der Waals surface area contributed by atoms with Crippen molar-refractivity contribution < 1.29 is 43.6 Å². The van der Waals surface area contributed by atoms with Gasteiger partial charge in [0.1, 0.15) is 18.3 Å². The summed E-state index contributed by atoms with van der Waals surface area (Å²) in [6.07, 6.45) is -6.23. The lowest BCUT2D eigenvalue weighted by Gasteiger charge is -2.38. The van der Waals surface area contributed by atoms with Crippen LogP contribution in [0.15, 0.2) is 0 Å². The van der Waals surface area contributed by atoms with E-state index in [4.69, 9.17) is 18.1 Å². The van der Waals surface area contributed by atoms with Gasteiger partial charge in [-0.3, -0.25) is 0 Å². The van der Waals surface area contributed by atoms with E-state index in [9.17, 15) is 25.5 Å². The SMILES string of the molecule is CN(CC(O)COCCC[Si](C)(O[Si](C)(C)C)O[Si](C)(C)C)CC(O)C(O)C(O)C(O)CO. The number of nitrogens with zero attached hydrogens (tertiary/aromatic N) is 1. The monoisotopic (exact) mass is 531 g/mol. The highest BCUT2D eigenvalue weighted by atomic mass is 28.5. The standard InChI is InChI=1S/C20H49NO9Si3/c1-21(13-17(24)19(26)20(27)18(25)14-22)12-16(23)15-28-10-9-11-33(8,29-31(2,3)4)30-32(5,6)7/h16-20,22-27H,9-15H2,1-8H3. The predicted octanol–water partition coefficient (Wildman–Crippen LogP) is -0.103. The molecule has 0 spiro atoms. The van der Waals surface area contributed by atoms with Crippen LogP contribution in [0.2, 0.25) is 51.9 Å². The summed E-state index contributed by atoms with van der Waals surface area (Å²) < 4.78 is 18.6. The number of rotatable bonds is 18. The zero-order chi connectivity index (χ0) is 26.0. The van der Waals surface area contributed by atoms with Crippen molar-refractivity contribution in [1.29, 1.82) is 0 Å². The number of ether oxygens (including phenoxy) is 1. The molecule has 0 saturated heterocycles. The van der Waals surface area contributed by atoms with Crippen LogP contribution >= 0.6 is 0 Å². The molecule has 0 fully saturated rings. The molecule has 200 valence electrons. The maximum Gasteiger partial charge on any atom is 0.314 e. The maximum atomic E-state index is 10.2. The van der Waals surface area contributed by atoms with Gasteiger partial charge in [0.25, 0.3) is 0 Å². The fourth-order valence-corrected chi connectivity index (χ4v) is 16.1. The third-order valence-corrected chi connectivity index (χ3v) is 14.2. The number of likely N-dealkylation sites (N-methyl/N-ethyl adjacent to an activating group) is 1. The van der Waals surface area contributed by atoms with Crippen LogP contribution in [-0.2, 0) is 13.0 Å². The van der Waals surface area contributed by atoms with Crippen LogP contribution < -0.4 is 0 Å². The Bertz CT molecular complexity index is 518. The van der Waals surface area contributed by atoms with Crippen LogP contribution in [0.4, 0.5) is 0 Å². The largest absolute Gasteiger partial charge is 0.437 e. The van der Waals surface area contributed by atoms with E-state index in [-0.39, 0.29) is 19.7 Å². The second-order valence-electron chi connectivity index (χ2n) is 10.9. The third kappa shape index (κ3) is 15.8. The molecule has 0 bridgehead atoms. The van der Waals surface area contributed by atoms with Gasteiger partial charge in [0.05, 0.1) is 25.4 Å². The van der Waals surface area contributed by atoms with E-state index in [0.717, 1.165) is 12.5 Å². The van der Waals surface area contributed by atoms with E-state index >= 15 is 0 Å². The first kappa shape index (κ1) is 33.3. The average molecular weight is 532 g/mol. The number of aliphatic hydroxyl groups is 6. The summed E-state index contributed by atoms with van der Waals surface area (Å²) in [7, 11) is -4.15. The molecular weight excluding hydrogens is 482 g/mol. The van der Waals surface area contributed by atoms with Crippen molar-refractivity contribution in [1.82, 2.24) is 4.90 Å². The summed E-state index contributed by atoms with van der Waals surface area (Å²) in [5.74, 6) is 0. The van der Waals surface area contributed by atoms with E-state index < -0.39 is 62.3 Å². The molecule has 0 rings (SSSR count). The van der Waals surface area contributed by atoms with Gasteiger partial charge < -0.3 is 48.5 Å².